The Hall–Kier alpha value is -8.86. The average Bonchev–Trinajstić information content (AvgIpc) is 3.70. The van der Waals surface area contributed by atoms with Gasteiger partial charge in [-0.25, -0.2) is 24.9 Å². The van der Waals surface area contributed by atoms with Gasteiger partial charge in [-0.15, -0.1) is 0 Å². The van der Waals surface area contributed by atoms with Gasteiger partial charge >= 0.3 is 0 Å². The highest BCUT2D eigenvalue weighted by atomic mass is 15.1. The van der Waals surface area contributed by atoms with Crippen molar-refractivity contribution >= 4 is 21.8 Å². The molecule has 7 nitrogen and oxygen atoms in total. The normalized spacial score (nSPS) is 11.2. The number of rotatable bonds is 8. The molecule has 0 radical (unpaired) electrons. The molecule has 0 aliphatic carbocycles. The van der Waals surface area contributed by atoms with Crippen LogP contribution in [0.25, 0.3) is 107 Å². The van der Waals surface area contributed by atoms with Crippen LogP contribution in [0, 0.1) is 11.3 Å². The van der Waals surface area contributed by atoms with Gasteiger partial charge in [0.15, 0.2) is 23.3 Å². The Bertz CT molecular complexity index is 3390. The van der Waals surface area contributed by atoms with E-state index in [1.165, 1.54) is 0 Å². The van der Waals surface area contributed by atoms with Crippen LogP contribution in [0.4, 0.5) is 0 Å². The van der Waals surface area contributed by atoms with E-state index >= 15 is 0 Å². The van der Waals surface area contributed by atoms with Gasteiger partial charge in [0.25, 0.3) is 0 Å². The fourth-order valence-corrected chi connectivity index (χ4v) is 8.25. The molecule has 3 aromatic heterocycles. The maximum Gasteiger partial charge on any atom is 0.166 e. The van der Waals surface area contributed by atoms with Crippen molar-refractivity contribution in [1.29, 1.82) is 5.26 Å². The second kappa shape index (κ2) is 16.0. The first-order chi connectivity index (χ1) is 31.2. The molecule has 0 bridgehead atoms. The van der Waals surface area contributed by atoms with Gasteiger partial charge < -0.3 is 4.57 Å². The third kappa shape index (κ3) is 7.08. The molecule has 63 heavy (non-hydrogen) atoms. The van der Waals surface area contributed by atoms with E-state index in [0.29, 0.717) is 28.9 Å². The van der Waals surface area contributed by atoms with Crippen molar-refractivity contribution in [3.63, 3.8) is 0 Å². The summed E-state index contributed by atoms with van der Waals surface area (Å²) in [6.45, 7) is 0. The Balaban J connectivity index is 1.19. The highest BCUT2D eigenvalue weighted by Gasteiger charge is 2.22. The molecule has 0 atom stereocenters. The monoisotopic (exact) mass is 805 g/mol. The Labute approximate surface area is 364 Å². The lowest BCUT2D eigenvalue weighted by Gasteiger charge is -2.17. The number of hydrogen-bond donors (Lipinski definition) is 0. The highest BCUT2D eigenvalue weighted by molar-refractivity contribution is 6.11. The Kier molecular flexibility index (Phi) is 9.41. The van der Waals surface area contributed by atoms with E-state index in [4.69, 9.17) is 24.9 Å². The maximum absolute atomic E-state index is 9.68. The molecule has 0 N–H and O–H groups in total. The fraction of sp³-hybridized carbons (Fsp3) is 0. The molecule has 0 amide bonds. The summed E-state index contributed by atoms with van der Waals surface area (Å²) in [4.78, 5) is 25.9. The van der Waals surface area contributed by atoms with Gasteiger partial charge in [-0.05, 0) is 59.7 Å². The van der Waals surface area contributed by atoms with Gasteiger partial charge in [-0.1, -0.05) is 164 Å². The summed E-state index contributed by atoms with van der Waals surface area (Å²) in [5, 5.41) is 11.9. The van der Waals surface area contributed by atoms with E-state index in [-0.39, 0.29) is 0 Å². The SMILES string of the molecule is N#Cc1cccc(-c2ccc3c(c2)c2ccccc2n3-c2ccc(-c3cc(-c4ccccc4)nc(-c4ccccc4)n3)cc2-c2nc(-c3ccccc3)nc(-c3ccccc3)n2)c1. The van der Waals surface area contributed by atoms with Crippen LogP contribution < -0.4 is 0 Å². The van der Waals surface area contributed by atoms with Crippen molar-refractivity contribution in [3.05, 3.63) is 218 Å². The standard InChI is InChI=1S/C56H35N7/c57-36-37-16-15-25-42(32-37)43-28-30-51-46(33-43)45-26-13-14-27-50(45)63(51)52-31-29-44(49-35-48(38-17-5-1-6-18-38)58-53(59-49)39-19-7-2-8-20-39)34-47(52)56-61-54(40-21-9-3-10-22-40)60-55(62-56)41-23-11-4-12-24-41/h1-35H. The lowest BCUT2D eigenvalue weighted by atomic mass is 10.0. The molecule has 0 saturated carbocycles. The zero-order chi connectivity index (χ0) is 42.1. The Morgan fingerprint density at radius 3 is 1.46 bits per heavy atom. The average molecular weight is 806 g/mol. The number of aromatic nitrogens is 6. The fourth-order valence-electron chi connectivity index (χ4n) is 8.25. The first kappa shape index (κ1) is 37.2. The second-order valence-corrected chi connectivity index (χ2v) is 15.2. The van der Waals surface area contributed by atoms with Crippen molar-refractivity contribution < 1.29 is 0 Å². The van der Waals surface area contributed by atoms with Crippen LogP contribution >= 0.6 is 0 Å². The minimum Gasteiger partial charge on any atom is -0.309 e. The number of para-hydroxylation sites is 1. The summed E-state index contributed by atoms with van der Waals surface area (Å²) >= 11 is 0. The molecular weight excluding hydrogens is 771 g/mol. The zero-order valence-corrected chi connectivity index (χ0v) is 33.8. The first-order valence-corrected chi connectivity index (χ1v) is 20.7. The number of fused-ring (bicyclic) bond motifs is 3. The van der Waals surface area contributed by atoms with Gasteiger partial charge in [0.05, 0.1) is 39.7 Å². The Morgan fingerprint density at radius 2 is 0.825 bits per heavy atom. The van der Waals surface area contributed by atoms with Crippen LogP contribution in [0.15, 0.2) is 212 Å². The van der Waals surface area contributed by atoms with Crippen molar-refractivity contribution in [2.24, 2.45) is 0 Å². The molecule has 11 aromatic rings. The molecule has 0 unspecified atom stereocenters. The Morgan fingerprint density at radius 1 is 0.333 bits per heavy atom. The predicted molar refractivity (Wildman–Crippen MR) is 253 cm³/mol. The lowest BCUT2D eigenvalue weighted by Crippen LogP contribution is -2.04. The summed E-state index contributed by atoms with van der Waals surface area (Å²) < 4.78 is 2.30. The minimum atomic E-state index is 0.524. The van der Waals surface area contributed by atoms with Crippen LogP contribution in [-0.4, -0.2) is 29.5 Å². The maximum atomic E-state index is 9.68. The summed E-state index contributed by atoms with van der Waals surface area (Å²) in [6, 6.07) is 73.9. The summed E-state index contributed by atoms with van der Waals surface area (Å²) in [7, 11) is 0. The lowest BCUT2D eigenvalue weighted by molar-refractivity contribution is 1.06. The van der Waals surface area contributed by atoms with E-state index in [1.807, 2.05) is 133 Å². The molecule has 0 spiro atoms. The molecule has 0 saturated heterocycles. The highest BCUT2D eigenvalue weighted by Crippen LogP contribution is 2.40. The minimum absolute atomic E-state index is 0.524. The van der Waals surface area contributed by atoms with E-state index in [2.05, 4.69) is 89.5 Å². The van der Waals surface area contributed by atoms with Crippen molar-refractivity contribution in [3.8, 4) is 90.9 Å². The van der Waals surface area contributed by atoms with Gasteiger partial charge in [-0.2, -0.15) is 5.26 Å². The van der Waals surface area contributed by atoms with Crippen LogP contribution in [0.2, 0.25) is 0 Å². The van der Waals surface area contributed by atoms with E-state index in [1.54, 1.807) is 0 Å². The van der Waals surface area contributed by atoms with Crippen LogP contribution in [0.5, 0.6) is 0 Å². The smallest absolute Gasteiger partial charge is 0.166 e. The van der Waals surface area contributed by atoms with Gasteiger partial charge in [0.1, 0.15) is 0 Å². The number of benzene rings is 8. The molecular formula is C56H35N7. The molecule has 0 aliphatic rings. The third-order valence-corrected chi connectivity index (χ3v) is 11.3. The van der Waals surface area contributed by atoms with Gasteiger partial charge in [0, 0.05) is 44.2 Å². The predicted octanol–water partition coefficient (Wildman–Crippen LogP) is 13.3. The molecule has 8 aromatic carbocycles. The summed E-state index contributed by atoms with van der Waals surface area (Å²) in [6.07, 6.45) is 0. The summed E-state index contributed by atoms with van der Waals surface area (Å²) in [5.74, 6) is 2.30. The first-order valence-electron chi connectivity index (χ1n) is 20.7. The van der Waals surface area contributed by atoms with E-state index in [9.17, 15) is 5.26 Å². The number of nitriles is 1. The third-order valence-electron chi connectivity index (χ3n) is 11.3. The van der Waals surface area contributed by atoms with Crippen molar-refractivity contribution in [1.82, 2.24) is 29.5 Å². The summed E-state index contributed by atoms with van der Waals surface area (Å²) in [5.41, 5.74) is 12.6. The quantitative estimate of drug-likeness (QED) is 0.152. The second-order valence-electron chi connectivity index (χ2n) is 15.2. The van der Waals surface area contributed by atoms with Crippen LogP contribution in [-0.2, 0) is 0 Å². The topological polar surface area (TPSA) is 93.2 Å². The molecule has 7 heteroatoms. The van der Waals surface area contributed by atoms with E-state index < -0.39 is 0 Å². The van der Waals surface area contributed by atoms with Gasteiger partial charge in [-0.3, -0.25) is 0 Å². The van der Waals surface area contributed by atoms with E-state index in [0.717, 1.165) is 83.4 Å². The van der Waals surface area contributed by atoms with Crippen LogP contribution in [0.1, 0.15) is 5.56 Å². The molecule has 3 heterocycles. The largest absolute Gasteiger partial charge is 0.309 e. The number of nitrogens with zero attached hydrogens (tertiary/aromatic N) is 7. The van der Waals surface area contributed by atoms with Crippen LogP contribution in [0.3, 0.4) is 0 Å². The molecule has 0 fully saturated rings. The molecule has 0 aliphatic heterocycles. The number of hydrogen-bond acceptors (Lipinski definition) is 6. The molecule has 11 rings (SSSR count). The van der Waals surface area contributed by atoms with Gasteiger partial charge in [0.2, 0.25) is 0 Å². The van der Waals surface area contributed by atoms with Crippen molar-refractivity contribution in [2.75, 3.05) is 0 Å². The molecule has 294 valence electrons. The van der Waals surface area contributed by atoms with Crippen molar-refractivity contribution in [2.45, 2.75) is 0 Å². The zero-order valence-electron chi connectivity index (χ0n) is 33.8.